The number of hydrogen-bond acceptors (Lipinski definition) is 3. The molecule has 1 atom stereocenters. The number of rotatable bonds is 4. The fourth-order valence-electron chi connectivity index (χ4n) is 4.15. The summed E-state index contributed by atoms with van der Waals surface area (Å²) in [7, 11) is 0. The Morgan fingerprint density at radius 1 is 1.10 bits per heavy atom. The SMILES string of the molecule is Cc1ccc(C(=O)NC(C)c2ccc3c(c2)CCN3C(=O)C2CCOCC2)cc1. The molecule has 0 aliphatic carbocycles. The smallest absolute Gasteiger partial charge is 0.251 e. The molecule has 1 fully saturated rings. The van der Waals surface area contributed by atoms with Crippen LogP contribution in [-0.2, 0) is 16.0 Å². The van der Waals surface area contributed by atoms with Gasteiger partial charge in [0.1, 0.15) is 0 Å². The van der Waals surface area contributed by atoms with E-state index in [4.69, 9.17) is 4.74 Å². The molecule has 2 aromatic rings. The van der Waals surface area contributed by atoms with Crippen LogP contribution in [0.3, 0.4) is 0 Å². The van der Waals surface area contributed by atoms with E-state index in [1.807, 2.05) is 55.1 Å². The minimum atomic E-state index is -0.102. The average molecular weight is 392 g/mol. The van der Waals surface area contributed by atoms with Gasteiger partial charge in [-0.15, -0.1) is 0 Å². The number of hydrogen-bond donors (Lipinski definition) is 1. The van der Waals surface area contributed by atoms with E-state index >= 15 is 0 Å². The summed E-state index contributed by atoms with van der Waals surface area (Å²) in [5.41, 5.74) is 5.05. The standard InChI is InChI=1S/C24H28N2O3/c1-16-3-5-18(6-4-16)23(27)25-17(2)20-7-8-22-21(15-20)9-12-26(22)24(28)19-10-13-29-14-11-19/h3-8,15,17,19H,9-14H2,1-2H3,(H,25,27). The maximum atomic E-state index is 12.9. The molecule has 2 amide bonds. The topological polar surface area (TPSA) is 58.6 Å². The van der Waals surface area contributed by atoms with Gasteiger partial charge < -0.3 is 15.0 Å². The summed E-state index contributed by atoms with van der Waals surface area (Å²) < 4.78 is 5.39. The third-order valence-corrected chi connectivity index (χ3v) is 6.00. The van der Waals surface area contributed by atoms with Crippen LogP contribution in [-0.4, -0.2) is 31.6 Å². The second kappa shape index (κ2) is 8.37. The molecule has 0 aromatic heterocycles. The average Bonchev–Trinajstić information content (AvgIpc) is 3.17. The molecule has 2 aromatic carbocycles. The van der Waals surface area contributed by atoms with E-state index in [-0.39, 0.29) is 23.8 Å². The molecule has 1 unspecified atom stereocenters. The van der Waals surface area contributed by atoms with E-state index in [9.17, 15) is 9.59 Å². The predicted octanol–water partition coefficient (Wildman–Crippen LogP) is 3.80. The molecule has 152 valence electrons. The Morgan fingerprint density at radius 3 is 2.55 bits per heavy atom. The van der Waals surface area contributed by atoms with Gasteiger partial charge in [0.25, 0.3) is 5.91 Å². The van der Waals surface area contributed by atoms with Gasteiger partial charge in [0, 0.05) is 36.9 Å². The van der Waals surface area contributed by atoms with Crippen molar-refractivity contribution in [3.63, 3.8) is 0 Å². The lowest BCUT2D eigenvalue weighted by atomic mass is 9.98. The number of ether oxygens (including phenoxy) is 1. The highest BCUT2D eigenvalue weighted by Crippen LogP contribution is 2.33. The van der Waals surface area contributed by atoms with Crippen molar-refractivity contribution in [3.05, 3.63) is 64.7 Å². The van der Waals surface area contributed by atoms with Crippen LogP contribution in [0.2, 0.25) is 0 Å². The van der Waals surface area contributed by atoms with Gasteiger partial charge in [-0.25, -0.2) is 0 Å². The highest BCUT2D eigenvalue weighted by Gasteiger charge is 2.31. The second-order valence-electron chi connectivity index (χ2n) is 8.08. The van der Waals surface area contributed by atoms with Crippen molar-refractivity contribution in [2.45, 2.75) is 39.2 Å². The van der Waals surface area contributed by atoms with Crippen LogP contribution in [0.15, 0.2) is 42.5 Å². The number of amides is 2. The Labute approximate surface area is 172 Å². The summed E-state index contributed by atoms with van der Waals surface area (Å²) in [6.07, 6.45) is 2.48. The number of anilines is 1. The van der Waals surface area contributed by atoms with E-state index in [2.05, 4.69) is 11.4 Å². The number of carbonyl (C=O) groups is 2. The van der Waals surface area contributed by atoms with Crippen molar-refractivity contribution in [3.8, 4) is 0 Å². The van der Waals surface area contributed by atoms with Gasteiger partial charge in [0.05, 0.1) is 6.04 Å². The molecule has 0 bridgehead atoms. The first kappa shape index (κ1) is 19.6. The Kier molecular flexibility index (Phi) is 5.67. The molecule has 1 N–H and O–H groups in total. The molecule has 1 saturated heterocycles. The lowest BCUT2D eigenvalue weighted by Crippen LogP contribution is -2.37. The van der Waals surface area contributed by atoms with Gasteiger partial charge in [-0.1, -0.05) is 29.8 Å². The quantitative estimate of drug-likeness (QED) is 0.861. The summed E-state index contributed by atoms with van der Waals surface area (Å²) in [6.45, 7) is 6.08. The molecule has 5 nitrogen and oxygen atoms in total. The van der Waals surface area contributed by atoms with Gasteiger partial charge in [-0.3, -0.25) is 9.59 Å². The second-order valence-corrected chi connectivity index (χ2v) is 8.08. The summed E-state index contributed by atoms with van der Waals surface area (Å²) in [5.74, 6) is 0.219. The lowest BCUT2D eigenvalue weighted by Gasteiger charge is -2.27. The van der Waals surface area contributed by atoms with Crippen molar-refractivity contribution >= 4 is 17.5 Å². The van der Waals surface area contributed by atoms with E-state index in [0.29, 0.717) is 18.8 Å². The highest BCUT2D eigenvalue weighted by atomic mass is 16.5. The summed E-state index contributed by atoms with van der Waals surface area (Å²) in [6, 6.07) is 13.7. The fourth-order valence-corrected chi connectivity index (χ4v) is 4.15. The van der Waals surface area contributed by atoms with Crippen LogP contribution < -0.4 is 10.2 Å². The van der Waals surface area contributed by atoms with Crippen molar-refractivity contribution in [2.24, 2.45) is 5.92 Å². The summed E-state index contributed by atoms with van der Waals surface area (Å²) in [5, 5.41) is 3.08. The zero-order valence-electron chi connectivity index (χ0n) is 17.1. The first-order valence-corrected chi connectivity index (χ1v) is 10.4. The fraction of sp³-hybridized carbons (Fsp3) is 0.417. The molecule has 29 heavy (non-hydrogen) atoms. The number of nitrogens with zero attached hydrogens (tertiary/aromatic N) is 1. The maximum Gasteiger partial charge on any atom is 0.251 e. The van der Waals surface area contributed by atoms with Crippen molar-refractivity contribution in [2.75, 3.05) is 24.7 Å². The highest BCUT2D eigenvalue weighted by molar-refractivity contribution is 5.97. The molecular formula is C24H28N2O3. The minimum absolute atomic E-state index is 0.0714. The molecule has 0 spiro atoms. The molecule has 2 aliphatic rings. The molecule has 4 rings (SSSR count). The number of benzene rings is 2. The lowest BCUT2D eigenvalue weighted by molar-refractivity contribution is -0.125. The normalized spacial score (nSPS) is 17.7. The van der Waals surface area contributed by atoms with Gasteiger partial charge >= 0.3 is 0 Å². The Hall–Kier alpha value is -2.66. The molecule has 0 saturated carbocycles. The zero-order valence-corrected chi connectivity index (χ0v) is 17.1. The number of nitrogens with one attached hydrogen (secondary N) is 1. The van der Waals surface area contributed by atoms with E-state index < -0.39 is 0 Å². The summed E-state index contributed by atoms with van der Waals surface area (Å²) >= 11 is 0. The van der Waals surface area contributed by atoms with E-state index in [0.717, 1.165) is 42.6 Å². The first-order chi connectivity index (χ1) is 14.0. The van der Waals surface area contributed by atoms with Crippen LogP contribution >= 0.6 is 0 Å². The number of aryl methyl sites for hydroxylation is 1. The monoisotopic (exact) mass is 392 g/mol. The minimum Gasteiger partial charge on any atom is -0.381 e. The van der Waals surface area contributed by atoms with Crippen LogP contribution in [0.4, 0.5) is 5.69 Å². The third kappa shape index (κ3) is 4.20. The van der Waals surface area contributed by atoms with Crippen LogP contribution in [0.25, 0.3) is 0 Å². The largest absolute Gasteiger partial charge is 0.381 e. The van der Waals surface area contributed by atoms with Crippen molar-refractivity contribution in [1.82, 2.24) is 5.32 Å². The molecule has 2 aliphatic heterocycles. The summed E-state index contributed by atoms with van der Waals surface area (Å²) in [4.78, 5) is 27.4. The Bertz CT molecular complexity index is 901. The molecule has 2 heterocycles. The Morgan fingerprint density at radius 2 is 1.83 bits per heavy atom. The zero-order chi connectivity index (χ0) is 20.4. The van der Waals surface area contributed by atoms with Crippen molar-refractivity contribution < 1.29 is 14.3 Å². The van der Waals surface area contributed by atoms with E-state index in [1.54, 1.807) is 0 Å². The maximum absolute atomic E-state index is 12.9. The Balaban J connectivity index is 1.44. The van der Waals surface area contributed by atoms with Crippen LogP contribution in [0.1, 0.15) is 52.9 Å². The molecule has 0 radical (unpaired) electrons. The first-order valence-electron chi connectivity index (χ1n) is 10.4. The third-order valence-electron chi connectivity index (χ3n) is 6.00. The van der Waals surface area contributed by atoms with E-state index in [1.165, 1.54) is 5.56 Å². The number of fused-ring (bicyclic) bond motifs is 1. The van der Waals surface area contributed by atoms with Gasteiger partial charge in [0.15, 0.2) is 0 Å². The predicted molar refractivity (Wildman–Crippen MR) is 113 cm³/mol. The van der Waals surface area contributed by atoms with Gasteiger partial charge in [0.2, 0.25) is 5.91 Å². The molecular weight excluding hydrogens is 364 g/mol. The van der Waals surface area contributed by atoms with Gasteiger partial charge in [-0.05, 0) is 62.4 Å². The van der Waals surface area contributed by atoms with Crippen molar-refractivity contribution in [1.29, 1.82) is 0 Å². The number of carbonyl (C=O) groups excluding carboxylic acids is 2. The van der Waals surface area contributed by atoms with Gasteiger partial charge in [-0.2, -0.15) is 0 Å². The van der Waals surface area contributed by atoms with Crippen LogP contribution in [0.5, 0.6) is 0 Å². The molecule has 5 heteroatoms. The van der Waals surface area contributed by atoms with Crippen LogP contribution in [0, 0.1) is 12.8 Å².